The molecular weight excluding hydrogens is 147 g/mol. The average Bonchev–Trinajstić information content (AvgIpc) is 1.36. The van der Waals surface area contributed by atoms with Gasteiger partial charge in [0.1, 0.15) is 0 Å². The van der Waals surface area contributed by atoms with Crippen LogP contribution in [0.15, 0.2) is 0 Å². The van der Waals surface area contributed by atoms with E-state index in [0.29, 0.717) is 0 Å². The fourth-order valence-corrected chi connectivity index (χ4v) is 0. The first-order valence-electron chi connectivity index (χ1n) is 1.11. The number of carboxylic acid groups (broad SMARTS) is 2. The van der Waals surface area contributed by atoms with Crippen LogP contribution in [0.3, 0.4) is 0 Å². The molecule has 0 unspecified atom stereocenters. The van der Waals surface area contributed by atoms with Gasteiger partial charge in [-0.05, 0) is 0 Å². The van der Waals surface area contributed by atoms with Crippen LogP contribution in [0.2, 0.25) is 0 Å². The van der Waals surface area contributed by atoms with Crippen LogP contribution in [0.1, 0.15) is 0 Å². The molecule has 0 spiro atoms. The molecule has 0 radical (unpaired) electrons. The third kappa shape index (κ3) is 5.43. The summed E-state index contributed by atoms with van der Waals surface area (Å²) in [6.45, 7) is 0. The molecule has 0 amide bonds. The Labute approximate surface area is 49.1 Å². The molecule has 5 heteroatoms. The SMILES string of the molecule is O=C(O)C(=O)O.[NiH]. The van der Waals surface area contributed by atoms with Crippen molar-refractivity contribution in [2.75, 3.05) is 0 Å². The second kappa shape index (κ2) is 3.62. The molecule has 0 saturated heterocycles. The van der Waals surface area contributed by atoms with Crippen LogP contribution in [0, 0.1) is 0 Å². The molecule has 0 aliphatic carbocycles. The number of hydrogen-bond acceptors (Lipinski definition) is 2. The molecule has 0 aromatic carbocycles. The van der Waals surface area contributed by atoms with Crippen LogP contribution in [0.4, 0.5) is 0 Å². The van der Waals surface area contributed by atoms with Gasteiger partial charge in [-0.3, -0.25) is 0 Å². The Morgan fingerprint density at radius 1 is 1.00 bits per heavy atom. The topological polar surface area (TPSA) is 74.6 Å². The maximum atomic E-state index is 9.10. The molecule has 0 aliphatic rings. The van der Waals surface area contributed by atoms with E-state index >= 15 is 0 Å². The summed E-state index contributed by atoms with van der Waals surface area (Å²) in [6.07, 6.45) is 0. The van der Waals surface area contributed by atoms with Gasteiger partial charge in [-0.1, -0.05) is 0 Å². The maximum absolute atomic E-state index is 9.10. The van der Waals surface area contributed by atoms with Crippen LogP contribution >= 0.6 is 0 Å². The quantitative estimate of drug-likeness (QED) is 0.338. The van der Waals surface area contributed by atoms with Crippen molar-refractivity contribution in [1.82, 2.24) is 0 Å². The summed E-state index contributed by atoms with van der Waals surface area (Å²) in [6, 6.07) is 0. The molecule has 7 heavy (non-hydrogen) atoms. The van der Waals surface area contributed by atoms with E-state index in [9.17, 15) is 0 Å². The summed E-state index contributed by atoms with van der Waals surface area (Å²) in [4.78, 5) is 18.2. The number of carbonyl (C=O) groups is 2. The fraction of sp³-hybridized carbons (Fsp3) is 0. The molecule has 0 bridgehead atoms. The van der Waals surface area contributed by atoms with Crippen LogP contribution in [-0.2, 0) is 26.1 Å². The summed E-state index contributed by atoms with van der Waals surface area (Å²) in [7, 11) is 0. The second-order valence-electron chi connectivity index (χ2n) is 0.610. The van der Waals surface area contributed by atoms with E-state index in [2.05, 4.69) is 0 Å². The Hall–Kier alpha value is -0.566. The molecular formula is C2H3NiO4. The van der Waals surface area contributed by atoms with Gasteiger partial charge >= 0.3 is 28.4 Å². The van der Waals surface area contributed by atoms with Gasteiger partial charge in [0.15, 0.2) is 0 Å². The normalized spacial score (nSPS) is 6.29. The van der Waals surface area contributed by atoms with Gasteiger partial charge < -0.3 is 10.2 Å². The molecule has 0 atom stereocenters. The van der Waals surface area contributed by atoms with Gasteiger partial charge in [0.05, 0.1) is 0 Å². The van der Waals surface area contributed by atoms with Gasteiger partial charge in [-0.2, -0.15) is 0 Å². The summed E-state index contributed by atoms with van der Waals surface area (Å²) >= 11 is 0. The van der Waals surface area contributed by atoms with Gasteiger partial charge in [0.25, 0.3) is 0 Å². The van der Waals surface area contributed by atoms with Crippen molar-refractivity contribution in [3.8, 4) is 0 Å². The van der Waals surface area contributed by atoms with Crippen LogP contribution < -0.4 is 0 Å². The van der Waals surface area contributed by atoms with Crippen molar-refractivity contribution < 1.29 is 36.3 Å². The Kier molecular flexibility index (Phi) is 4.99. The average molecular weight is 150 g/mol. The third-order valence-corrected chi connectivity index (χ3v) is 0.183. The minimum absolute atomic E-state index is 0. The first kappa shape index (κ1) is 9.66. The van der Waals surface area contributed by atoms with Gasteiger partial charge in [-0.15, -0.1) is 0 Å². The zero-order valence-corrected chi connectivity index (χ0v) is 4.09. The minimum atomic E-state index is -1.82. The van der Waals surface area contributed by atoms with Crippen molar-refractivity contribution >= 4 is 11.9 Å². The zero-order chi connectivity index (χ0) is 5.15. The van der Waals surface area contributed by atoms with E-state index in [0.717, 1.165) is 0 Å². The number of aliphatic carboxylic acids is 2. The molecule has 0 rings (SSSR count). The van der Waals surface area contributed by atoms with E-state index < -0.39 is 11.9 Å². The molecule has 0 aromatic heterocycles. The van der Waals surface area contributed by atoms with Crippen molar-refractivity contribution in [3.05, 3.63) is 0 Å². The summed E-state index contributed by atoms with van der Waals surface area (Å²) in [5.41, 5.74) is 0. The van der Waals surface area contributed by atoms with E-state index in [1.54, 1.807) is 0 Å². The Balaban J connectivity index is 0. The first-order chi connectivity index (χ1) is 2.64. The molecule has 0 aromatic rings. The van der Waals surface area contributed by atoms with E-state index in [1.165, 1.54) is 0 Å². The van der Waals surface area contributed by atoms with Crippen molar-refractivity contribution in [2.24, 2.45) is 0 Å². The Morgan fingerprint density at radius 3 is 1.14 bits per heavy atom. The van der Waals surface area contributed by atoms with Crippen molar-refractivity contribution in [1.29, 1.82) is 0 Å². The van der Waals surface area contributed by atoms with Gasteiger partial charge in [0.2, 0.25) is 0 Å². The Bertz CT molecular complexity index is 75.7. The number of carboxylic acids is 2. The zero-order valence-electron chi connectivity index (χ0n) is 3.04. The summed E-state index contributed by atoms with van der Waals surface area (Å²) < 4.78 is 0. The monoisotopic (exact) mass is 149 g/mol. The van der Waals surface area contributed by atoms with Crippen LogP contribution in [0.5, 0.6) is 0 Å². The third-order valence-electron chi connectivity index (χ3n) is 0.183. The van der Waals surface area contributed by atoms with Gasteiger partial charge in [-0.25, -0.2) is 9.59 Å². The molecule has 0 heterocycles. The number of rotatable bonds is 0. The molecule has 0 fully saturated rings. The number of hydrogen-bond donors (Lipinski definition) is 2. The Morgan fingerprint density at radius 2 is 1.14 bits per heavy atom. The predicted octanol–water partition coefficient (Wildman–Crippen LogP) is -1.11. The fourth-order valence-electron chi connectivity index (χ4n) is 0. The van der Waals surface area contributed by atoms with Gasteiger partial charge in [0, 0.05) is 0 Å². The van der Waals surface area contributed by atoms with Crippen LogP contribution in [0.25, 0.3) is 0 Å². The van der Waals surface area contributed by atoms with E-state index in [-0.39, 0.29) is 16.5 Å². The molecule has 2 N–H and O–H groups in total. The molecule has 45 valence electrons. The first-order valence-corrected chi connectivity index (χ1v) is 1.11. The van der Waals surface area contributed by atoms with Crippen molar-refractivity contribution in [3.63, 3.8) is 0 Å². The molecule has 4 nitrogen and oxygen atoms in total. The van der Waals surface area contributed by atoms with E-state index in [1.807, 2.05) is 0 Å². The van der Waals surface area contributed by atoms with E-state index in [4.69, 9.17) is 19.8 Å². The van der Waals surface area contributed by atoms with Crippen LogP contribution in [-0.4, -0.2) is 22.2 Å². The molecule has 0 saturated carbocycles. The predicted molar refractivity (Wildman–Crippen MR) is 16.7 cm³/mol. The standard InChI is InChI=1S/C2H2O4.Ni.H/c3-1(4)2(5)6;;/h(H,3,4)(H,5,6);;. The summed E-state index contributed by atoms with van der Waals surface area (Å²) in [5, 5.41) is 14.8. The summed E-state index contributed by atoms with van der Waals surface area (Å²) in [5.74, 6) is -3.65. The molecule has 0 aliphatic heterocycles. The van der Waals surface area contributed by atoms with Crippen molar-refractivity contribution in [2.45, 2.75) is 0 Å². The second-order valence-corrected chi connectivity index (χ2v) is 0.610.